The van der Waals surface area contributed by atoms with Crippen molar-refractivity contribution in [2.45, 2.75) is 13.1 Å². The first-order valence-corrected chi connectivity index (χ1v) is 9.91. The van der Waals surface area contributed by atoms with Crippen molar-refractivity contribution < 1.29 is 4.79 Å². The van der Waals surface area contributed by atoms with Gasteiger partial charge in [0.15, 0.2) is 0 Å². The Balaban J connectivity index is 1.54. The quantitative estimate of drug-likeness (QED) is 0.625. The monoisotopic (exact) mass is 424 g/mol. The number of thiophene rings is 2. The van der Waals surface area contributed by atoms with Gasteiger partial charge in [-0.2, -0.15) is 5.10 Å². The second kappa shape index (κ2) is 8.06. The Kier molecular flexibility index (Phi) is 5.83. The van der Waals surface area contributed by atoms with Gasteiger partial charge >= 0.3 is 0 Å². The lowest BCUT2D eigenvalue weighted by atomic mass is 10.4. The van der Waals surface area contributed by atoms with Crippen LogP contribution in [-0.4, -0.2) is 34.2 Å². The average molecular weight is 425 g/mol. The number of anilines is 1. The molecule has 0 atom stereocenters. The summed E-state index contributed by atoms with van der Waals surface area (Å²) in [5.74, 6) is 0.682. The summed E-state index contributed by atoms with van der Waals surface area (Å²) in [5, 5.41) is 11.3. The van der Waals surface area contributed by atoms with Crippen molar-refractivity contribution in [3.63, 3.8) is 0 Å². The Morgan fingerprint density at radius 1 is 1.38 bits per heavy atom. The number of aromatic nitrogens is 2. The van der Waals surface area contributed by atoms with E-state index < -0.39 is 0 Å². The summed E-state index contributed by atoms with van der Waals surface area (Å²) in [6, 6.07) is 7.97. The maximum absolute atomic E-state index is 12.3. The van der Waals surface area contributed by atoms with Gasteiger partial charge in [0.05, 0.1) is 19.3 Å². The molecule has 0 aliphatic carbocycles. The van der Waals surface area contributed by atoms with Crippen LogP contribution in [0.5, 0.6) is 0 Å². The molecule has 0 aromatic carbocycles. The number of likely N-dealkylation sites (N-methyl/N-ethyl adjacent to an activating group) is 1. The number of hydrogen-bond acceptors (Lipinski definition) is 5. The summed E-state index contributed by atoms with van der Waals surface area (Å²) >= 11 is 6.81. The van der Waals surface area contributed by atoms with Crippen molar-refractivity contribution in [3.8, 4) is 0 Å². The van der Waals surface area contributed by atoms with Gasteiger partial charge in [-0.1, -0.05) is 6.07 Å². The maximum atomic E-state index is 12.3. The number of rotatable bonds is 7. The molecule has 3 aromatic heterocycles. The molecule has 0 saturated carbocycles. The summed E-state index contributed by atoms with van der Waals surface area (Å²) in [5.41, 5.74) is 0. The van der Waals surface area contributed by atoms with Crippen LogP contribution >= 0.6 is 38.6 Å². The Morgan fingerprint density at radius 2 is 2.25 bits per heavy atom. The van der Waals surface area contributed by atoms with Gasteiger partial charge in [0, 0.05) is 32.2 Å². The zero-order valence-electron chi connectivity index (χ0n) is 13.1. The van der Waals surface area contributed by atoms with E-state index in [4.69, 9.17) is 0 Å². The number of carbonyl (C=O) groups excluding carboxylic acids is 1. The Hall–Kier alpha value is -1.48. The Morgan fingerprint density at radius 3 is 2.96 bits per heavy atom. The molecular weight excluding hydrogens is 408 g/mol. The van der Waals surface area contributed by atoms with Gasteiger partial charge < -0.3 is 5.32 Å². The third-order valence-corrected chi connectivity index (χ3v) is 5.87. The zero-order chi connectivity index (χ0) is 16.9. The molecule has 0 radical (unpaired) electrons. The predicted octanol–water partition coefficient (Wildman–Crippen LogP) is 3.89. The molecule has 126 valence electrons. The Labute approximate surface area is 157 Å². The smallest absolute Gasteiger partial charge is 0.239 e. The molecule has 5 nitrogen and oxygen atoms in total. The summed E-state index contributed by atoms with van der Waals surface area (Å²) in [4.78, 5) is 16.7. The molecule has 0 spiro atoms. The highest BCUT2D eigenvalue weighted by Crippen LogP contribution is 2.20. The minimum absolute atomic E-state index is 0.0407. The summed E-state index contributed by atoms with van der Waals surface area (Å²) in [7, 11) is 1.94. The van der Waals surface area contributed by atoms with Crippen LogP contribution in [0.3, 0.4) is 0 Å². The SMILES string of the molecule is CN(CC(=O)Nc1ccnn1Cc1cccs1)Cc1cc(Br)cs1. The van der Waals surface area contributed by atoms with E-state index in [0.29, 0.717) is 13.1 Å². The molecule has 1 amide bonds. The van der Waals surface area contributed by atoms with Crippen LogP contribution in [0.4, 0.5) is 5.82 Å². The highest BCUT2D eigenvalue weighted by Gasteiger charge is 2.11. The second-order valence-corrected chi connectivity index (χ2v) is 8.35. The predicted molar refractivity (Wildman–Crippen MR) is 103 cm³/mol. The van der Waals surface area contributed by atoms with E-state index in [1.54, 1.807) is 33.6 Å². The molecular formula is C16H17BrN4OS2. The van der Waals surface area contributed by atoms with Crippen molar-refractivity contribution in [2.75, 3.05) is 18.9 Å². The van der Waals surface area contributed by atoms with E-state index in [1.165, 1.54) is 9.75 Å². The van der Waals surface area contributed by atoms with Gasteiger partial charge in [-0.25, -0.2) is 4.68 Å². The first-order valence-electron chi connectivity index (χ1n) is 7.35. The van der Waals surface area contributed by atoms with Gasteiger partial charge in [-0.3, -0.25) is 9.69 Å². The number of nitrogens with one attached hydrogen (secondary N) is 1. The van der Waals surface area contributed by atoms with E-state index in [9.17, 15) is 4.79 Å². The molecule has 3 aromatic rings. The standard InChI is InChI=1S/C16H17BrN4OS2/c1-20(8-14-7-12(17)11-24-14)10-16(22)19-15-4-5-18-21(15)9-13-3-2-6-23-13/h2-7,11H,8-10H2,1H3,(H,19,22). The topological polar surface area (TPSA) is 50.2 Å². The number of carbonyl (C=O) groups is 1. The fourth-order valence-corrected chi connectivity index (χ4v) is 4.52. The van der Waals surface area contributed by atoms with E-state index in [2.05, 4.69) is 38.5 Å². The van der Waals surface area contributed by atoms with E-state index in [-0.39, 0.29) is 5.91 Å². The first kappa shape index (κ1) is 17.3. The van der Waals surface area contributed by atoms with Crippen LogP contribution in [0.1, 0.15) is 9.75 Å². The third-order valence-electron chi connectivity index (χ3n) is 3.33. The fourth-order valence-electron chi connectivity index (χ4n) is 2.30. The summed E-state index contributed by atoms with van der Waals surface area (Å²) in [6.45, 7) is 1.75. The van der Waals surface area contributed by atoms with Crippen molar-refractivity contribution >= 4 is 50.3 Å². The lowest BCUT2D eigenvalue weighted by Gasteiger charge is -2.15. The maximum Gasteiger partial charge on any atom is 0.239 e. The van der Waals surface area contributed by atoms with E-state index in [1.807, 2.05) is 34.8 Å². The number of amides is 1. The van der Waals surface area contributed by atoms with Crippen LogP contribution in [0.15, 0.2) is 45.7 Å². The van der Waals surface area contributed by atoms with Gasteiger partial charge in [0.2, 0.25) is 5.91 Å². The molecule has 0 saturated heterocycles. The minimum Gasteiger partial charge on any atom is -0.310 e. The van der Waals surface area contributed by atoms with Crippen LogP contribution < -0.4 is 5.32 Å². The van der Waals surface area contributed by atoms with Crippen molar-refractivity contribution in [1.82, 2.24) is 14.7 Å². The van der Waals surface area contributed by atoms with Crippen LogP contribution in [0, 0.1) is 0 Å². The summed E-state index contributed by atoms with van der Waals surface area (Å²) < 4.78 is 2.89. The first-order chi connectivity index (χ1) is 11.6. The zero-order valence-corrected chi connectivity index (χ0v) is 16.3. The summed E-state index contributed by atoms with van der Waals surface area (Å²) in [6.07, 6.45) is 1.70. The second-order valence-electron chi connectivity index (χ2n) is 5.41. The molecule has 0 bridgehead atoms. The minimum atomic E-state index is -0.0407. The molecule has 0 aliphatic heterocycles. The van der Waals surface area contributed by atoms with E-state index in [0.717, 1.165) is 16.8 Å². The molecule has 0 fully saturated rings. The number of nitrogens with zero attached hydrogens (tertiary/aromatic N) is 3. The van der Waals surface area contributed by atoms with Crippen LogP contribution in [0.25, 0.3) is 0 Å². The highest BCUT2D eigenvalue weighted by atomic mass is 79.9. The lowest BCUT2D eigenvalue weighted by molar-refractivity contribution is -0.117. The molecule has 1 N–H and O–H groups in total. The van der Waals surface area contributed by atoms with Crippen molar-refractivity contribution in [2.24, 2.45) is 0 Å². The fraction of sp³-hybridized carbons (Fsp3) is 0.250. The van der Waals surface area contributed by atoms with Crippen LogP contribution in [0.2, 0.25) is 0 Å². The van der Waals surface area contributed by atoms with Gasteiger partial charge in [0.25, 0.3) is 0 Å². The largest absolute Gasteiger partial charge is 0.310 e. The van der Waals surface area contributed by atoms with Crippen LogP contribution in [-0.2, 0) is 17.9 Å². The molecule has 3 rings (SSSR count). The highest BCUT2D eigenvalue weighted by molar-refractivity contribution is 9.10. The molecule has 3 heterocycles. The van der Waals surface area contributed by atoms with Crippen molar-refractivity contribution in [3.05, 3.63) is 55.4 Å². The van der Waals surface area contributed by atoms with Crippen molar-refractivity contribution in [1.29, 1.82) is 0 Å². The molecule has 0 aliphatic rings. The molecule has 24 heavy (non-hydrogen) atoms. The number of halogens is 1. The van der Waals surface area contributed by atoms with Gasteiger partial charge in [-0.15, -0.1) is 22.7 Å². The normalized spacial score (nSPS) is 11.1. The van der Waals surface area contributed by atoms with Gasteiger partial charge in [0.1, 0.15) is 5.82 Å². The Bertz CT molecular complexity index is 797. The third kappa shape index (κ3) is 4.76. The van der Waals surface area contributed by atoms with Gasteiger partial charge in [-0.05, 0) is 40.5 Å². The lowest BCUT2D eigenvalue weighted by Crippen LogP contribution is -2.30. The average Bonchev–Trinajstić information content (AvgIpc) is 3.24. The number of hydrogen-bond donors (Lipinski definition) is 1. The van der Waals surface area contributed by atoms with E-state index >= 15 is 0 Å². The molecule has 8 heteroatoms. The molecule has 0 unspecified atom stereocenters.